The van der Waals surface area contributed by atoms with Crippen LogP contribution in [0.4, 0.5) is 0 Å². The van der Waals surface area contributed by atoms with Crippen molar-refractivity contribution in [3.63, 3.8) is 0 Å². The summed E-state index contributed by atoms with van der Waals surface area (Å²) in [5, 5.41) is 4.31. The third-order valence-electron chi connectivity index (χ3n) is 3.80. The van der Waals surface area contributed by atoms with E-state index in [-0.39, 0.29) is 24.2 Å². The lowest BCUT2D eigenvalue weighted by Crippen LogP contribution is -2.40. The number of carbonyl (C=O) groups excluding carboxylic acids is 1. The van der Waals surface area contributed by atoms with Crippen LogP contribution in [0, 0.1) is 0 Å². The van der Waals surface area contributed by atoms with Gasteiger partial charge < -0.3 is 14.8 Å². The third-order valence-corrected chi connectivity index (χ3v) is 4.13. The second kappa shape index (κ2) is 7.81. The number of amides is 1. The summed E-state index contributed by atoms with van der Waals surface area (Å²) in [6, 6.07) is 7.12. The molecule has 1 heterocycles. The van der Waals surface area contributed by atoms with Crippen LogP contribution in [-0.2, 0) is 9.53 Å². The van der Waals surface area contributed by atoms with Crippen LogP contribution < -0.4 is 10.1 Å². The van der Waals surface area contributed by atoms with E-state index in [1.165, 1.54) is 0 Å². The molecule has 0 saturated heterocycles. The number of pyridine rings is 1. The molecule has 1 amide bonds. The fourth-order valence-corrected chi connectivity index (χ4v) is 2.78. The number of nitrogens with zero attached hydrogens (tertiary/aromatic N) is 1. The van der Waals surface area contributed by atoms with E-state index in [0.717, 1.165) is 5.39 Å². The maximum Gasteiger partial charge on any atom is 0.258 e. The molecule has 0 bridgehead atoms. The Balaban J connectivity index is 1.96. The number of hydrogen-bond acceptors (Lipinski definition) is 4. The Morgan fingerprint density at radius 1 is 1.38 bits per heavy atom. The van der Waals surface area contributed by atoms with Crippen molar-refractivity contribution in [3.05, 3.63) is 35.5 Å². The van der Waals surface area contributed by atoms with Crippen LogP contribution in [0.2, 0.25) is 5.02 Å². The van der Waals surface area contributed by atoms with Crippen molar-refractivity contribution in [1.82, 2.24) is 10.3 Å². The zero-order chi connectivity index (χ0) is 17.7. The monoisotopic (exact) mass is 350 g/mol. The number of hydrogen-bond donors (Lipinski definition) is 1. The zero-order valence-corrected chi connectivity index (χ0v) is 15.2. The standard InChI is InChI=1S/C18H23ClN2O3/c1-12(10-18(2,3)23-4)21-16(22)11-24-15-8-7-14(19)13-6-5-9-20-17(13)15/h5-9,12H,10-11H2,1-4H3,(H,21,22)/t12-/m0/s1. The molecule has 0 fully saturated rings. The number of nitrogens with one attached hydrogen (secondary N) is 1. The van der Waals surface area contributed by atoms with Gasteiger partial charge in [-0.3, -0.25) is 9.78 Å². The molecule has 1 atom stereocenters. The molecule has 6 heteroatoms. The normalized spacial score (nSPS) is 12.9. The Morgan fingerprint density at radius 2 is 2.12 bits per heavy atom. The second-order valence-electron chi connectivity index (χ2n) is 6.37. The van der Waals surface area contributed by atoms with Gasteiger partial charge in [0.25, 0.3) is 5.91 Å². The SMILES string of the molecule is COC(C)(C)C[C@H](C)NC(=O)COc1ccc(Cl)c2cccnc12. The number of ether oxygens (including phenoxy) is 2. The molecule has 2 rings (SSSR count). The Hall–Kier alpha value is -1.85. The van der Waals surface area contributed by atoms with Crippen LogP contribution >= 0.6 is 11.6 Å². The van der Waals surface area contributed by atoms with Gasteiger partial charge in [0.1, 0.15) is 11.3 Å². The number of aromatic nitrogens is 1. The van der Waals surface area contributed by atoms with Crippen LogP contribution in [0.5, 0.6) is 5.75 Å². The van der Waals surface area contributed by atoms with Gasteiger partial charge in [0.05, 0.1) is 10.6 Å². The molecular formula is C18H23ClN2O3. The quantitative estimate of drug-likeness (QED) is 0.829. The largest absolute Gasteiger partial charge is 0.481 e. The molecule has 1 aromatic heterocycles. The number of carbonyl (C=O) groups is 1. The molecule has 130 valence electrons. The molecule has 0 saturated carbocycles. The fourth-order valence-electron chi connectivity index (χ4n) is 2.56. The minimum atomic E-state index is -0.288. The summed E-state index contributed by atoms with van der Waals surface area (Å²) in [5.41, 5.74) is 0.357. The molecule has 0 spiro atoms. The highest BCUT2D eigenvalue weighted by molar-refractivity contribution is 6.35. The first-order valence-corrected chi connectivity index (χ1v) is 8.21. The maximum atomic E-state index is 12.1. The van der Waals surface area contributed by atoms with Crippen LogP contribution in [0.1, 0.15) is 27.2 Å². The van der Waals surface area contributed by atoms with E-state index >= 15 is 0 Å². The van der Waals surface area contributed by atoms with Crippen LogP contribution in [0.3, 0.4) is 0 Å². The predicted octanol–water partition coefficient (Wildman–Crippen LogP) is 3.59. The van der Waals surface area contributed by atoms with Gasteiger partial charge in [-0.1, -0.05) is 11.6 Å². The summed E-state index contributed by atoms with van der Waals surface area (Å²) in [6.45, 7) is 5.83. The highest BCUT2D eigenvalue weighted by Gasteiger charge is 2.21. The molecular weight excluding hydrogens is 328 g/mol. The van der Waals surface area contributed by atoms with Gasteiger partial charge in [-0.2, -0.15) is 0 Å². The van der Waals surface area contributed by atoms with E-state index in [2.05, 4.69) is 10.3 Å². The second-order valence-corrected chi connectivity index (χ2v) is 6.78. The molecule has 0 aliphatic rings. The first kappa shape index (κ1) is 18.5. The summed E-state index contributed by atoms with van der Waals surface area (Å²) in [5.74, 6) is 0.350. The summed E-state index contributed by atoms with van der Waals surface area (Å²) < 4.78 is 11.0. The van der Waals surface area contributed by atoms with Crippen molar-refractivity contribution in [2.75, 3.05) is 13.7 Å². The maximum absolute atomic E-state index is 12.1. The molecule has 0 unspecified atom stereocenters. The average molecular weight is 351 g/mol. The lowest BCUT2D eigenvalue weighted by Gasteiger charge is -2.27. The van der Waals surface area contributed by atoms with E-state index in [1.54, 1.807) is 25.4 Å². The minimum absolute atomic E-state index is 0.0175. The Morgan fingerprint density at radius 3 is 2.83 bits per heavy atom. The van der Waals surface area contributed by atoms with E-state index in [9.17, 15) is 4.79 Å². The first-order chi connectivity index (χ1) is 11.3. The van der Waals surface area contributed by atoms with Crippen molar-refractivity contribution < 1.29 is 14.3 Å². The van der Waals surface area contributed by atoms with Gasteiger partial charge in [0, 0.05) is 24.7 Å². The molecule has 24 heavy (non-hydrogen) atoms. The van der Waals surface area contributed by atoms with Gasteiger partial charge >= 0.3 is 0 Å². The van der Waals surface area contributed by atoms with Crippen LogP contribution in [0.25, 0.3) is 10.9 Å². The number of benzene rings is 1. The van der Waals surface area contributed by atoms with E-state index in [0.29, 0.717) is 22.7 Å². The van der Waals surface area contributed by atoms with Crippen molar-refractivity contribution in [2.24, 2.45) is 0 Å². The van der Waals surface area contributed by atoms with Crippen LogP contribution in [0.15, 0.2) is 30.5 Å². The number of halogens is 1. The van der Waals surface area contributed by atoms with Crippen molar-refractivity contribution in [3.8, 4) is 5.75 Å². The summed E-state index contributed by atoms with van der Waals surface area (Å²) in [7, 11) is 1.66. The molecule has 0 radical (unpaired) electrons. The zero-order valence-electron chi connectivity index (χ0n) is 14.4. The topological polar surface area (TPSA) is 60.5 Å². The summed E-state index contributed by atoms with van der Waals surface area (Å²) in [6.07, 6.45) is 2.38. The number of methoxy groups -OCH3 is 1. The molecule has 5 nitrogen and oxygen atoms in total. The number of fused-ring (bicyclic) bond motifs is 1. The van der Waals surface area contributed by atoms with Gasteiger partial charge in [0.2, 0.25) is 0 Å². The minimum Gasteiger partial charge on any atom is -0.481 e. The van der Waals surface area contributed by atoms with Gasteiger partial charge in [0.15, 0.2) is 6.61 Å². The number of rotatable bonds is 7. The highest BCUT2D eigenvalue weighted by Crippen LogP contribution is 2.29. The van der Waals surface area contributed by atoms with Gasteiger partial charge in [-0.25, -0.2) is 0 Å². The lowest BCUT2D eigenvalue weighted by molar-refractivity contribution is -0.124. The Kier molecular flexibility index (Phi) is 6.02. The van der Waals surface area contributed by atoms with Crippen LogP contribution in [-0.4, -0.2) is 36.3 Å². The van der Waals surface area contributed by atoms with E-state index in [1.807, 2.05) is 32.9 Å². The Labute approximate surface area is 147 Å². The summed E-state index contributed by atoms with van der Waals surface area (Å²) in [4.78, 5) is 16.4. The lowest BCUT2D eigenvalue weighted by atomic mass is 10.00. The van der Waals surface area contributed by atoms with Crippen molar-refractivity contribution in [1.29, 1.82) is 0 Å². The van der Waals surface area contributed by atoms with Crippen molar-refractivity contribution >= 4 is 28.4 Å². The highest BCUT2D eigenvalue weighted by atomic mass is 35.5. The molecule has 0 aliphatic heterocycles. The fraction of sp³-hybridized carbons (Fsp3) is 0.444. The molecule has 0 aliphatic carbocycles. The Bertz CT molecular complexity index is 718. The van der Waals surface area contributed by atoms with E-state index < -0.39 is 0 Å². The first-order valence-electron chi connectivity index (χ1n) is 7.83. The third kappa shape index (κ3) is 4.82. The van der Waals surface area contributed by atoms with E-state index in [4.69, 9.17) is 21.1 Å². The average Bonchev–Trinajstić information content (AvgIpc) is 2.54. The molecule has 1 aromatic carbocycles. The predicted molar refractivity (Wildman–Crippen MR) is 95.6 cm³/mol. The van der Waals surface area contributed by atoms with Gasteiger partial charge in [-0.15, -0.1) is 0 Å². The molecule has 2 aromatic rings. The molecule has 1 N–H and O–H groups in total. The van der Waals surface area contributed by atoms with Gasteiger partial charge in [-0.05, 0) is 51.5 Å². The smallest absolute Gasteiger partial charge is 0.258 e. The summed E-state index contributed by atoms with van der Waals surface area (Å²) >= 11 is 6.15. The van der Waals surface area contributed by atoms with Crippen molar-refractivity contribution in [2.45, 2.75) is 38.8 Å².